The van der Waals surface area contributed by atoms with Gasteiger partial charge in [-0.05, 0) is 60.9 Å². The normalized spacial score (nSPS) is 16.2. The molecule has 1 amide bonds. The molecule has 1 heterocycles. The van der Waals surface area contributed by atoms with Crippen molar-refractivity contribution in [1.29, 1.82) is 0 Å². The van der Waals surface area contributed by atoms with Crippen molar-refractivity contribution >= 4 is 45.3 Å². The number of aliphatic imine (C=N–C) groups is 1. The minimum atomic E-state index is -4.10. The van der Waals surface area contributed by atoms with Crippen LogP contribution in [0, 0.1) is 5.92 Å². The number of amides is 1. The first kappa shape index (κ1) is 24.4. The molecule has 0 fully saturated rings. The van der Waals surface area contributed by atoms with E-state index in [1.54, 1.807) is 6.07 Å². The summed E-state index contributed by atoms with van der Waals surface area (Å²) in [4.78, 5) is 16.2. The van der Waals surface area contributed by atoms with Crippen molar-refractivity contribution in [3.05, 3.63) is 75.4 Å². The van der Waals surface area contributed by atoms with Crippen molar-refractivity contribution in [3.63, 3.8) is 0 Å². The third-order valence-corrected chi connectivity index (χ3v) is 6.72. The van der Waals surface area contributed by atoms with Gasteiger partial charge in [-0.1, -0.05) is 36.2 Å². The maximum Gasteiger partial charge on any atom is 0.283 e. The molecule has 1 aliphatic rings. The molecule has 0 radical (unpaired) electrons. The Bertz CT molecular complexity index is 1200. The van der Waals surface area contributed by atoms with Crippen molar-refractivity contribution in [2.75, 3.05) is 0 Å². The molecule has 2 aromatic carbocycles. The number of nitrogens with zero attached hydrogens (tertiary/aromatic N) is 1. The van der Waals surface area contributed by atoms with Gasteiger partial charge >= 0.3 is 0 Å². The van der Waals surface area contributed by atoms with Gasteiger partial charge in [0.2, 0.25) is 0 Å². The van der Waals surface area contributed by atoms with E-state index in [-0.39, 0.29) is 38.5 Å². The molecule has 0 aliphatic carbocycles. The van der Waals surface area contributed by atoms with E-state index in [2.05, 4.69) is 4.99 Å². The van der Waals surface area contributed by atoms with Gasteiger partial charge in [-0.15, -0.1) is 0 Å². The lowest BCUT2D eigenvalue weighted by molar-refractivity contribution is -0.115. The molecule has 3 rings (SSSR count). The summed E-state index contributed by atoms with van der Waals surface area (Å²) in [6.45, 7) is 1.40. The van der Waals surface area contributed by atoms with E-state index in [4.69, 9.17) is 23.2 Å². The molecular formula is C22H20Cl2F2N2O3S. The van der Waals surface area contributed by atoms with Crippen LogP contribution in [0.25, 0.3) is 0 Å². The van der Waals surface area contributed by atoms with Crippen LogP contribution in [-0.2, 0) is 27.2 Å². The lowest BCUT2D eigenvalue weighted by Crippen LogP contribution is -2.31. The van der Waals surface area contributed by atoms with Crippen LogP contribution in [-0.4, -0.2) is 20.5 Å². The van der Waals surface area contributed by atoms with Crippen molar-refractivity contribution < 1.29 is 22.0 Å². The van der Waals surface area contributed by atoms with Crippen molar-refractivity contribution in [2.45, 2.75) is 37.0 Å². The molecule has 1 atom stereocenters. The number of carbonyl (C=O) groups excluding carboxylic acids is 1. The SMILES string of the molecule is CCC(F)(F)c1cc(Cl)cc(CCC2C=NC(C(=O)NS(=O)(=O)c3cccc(Cl)c3)=C2)c1. The zero-order valence-corrected chi connectivity index (χ0v) is 19.3. The van der Waals surface area contributed by atoms with Gasteiger partial charge in [-0.2, -0.15) is 0 Å². The van der Waals surface area contributed by atoms with E-state index >= 15 is 0 Å². The minimum Gasteiger partial charge on any atom is -0.266 e. The monoisotopic (exact) mass is 500 g/mol. The second-order valence-electron chi connectivity index (χ2n) is 7.33. The second kappa shape index (κ2) is 9.68. The highest BCUT2D eigenvalue weighted by atomic mass is 35.5. The molecular weight excluding hydrogens is 481 g/mol. The summed E-state index contributed by atoms with van der Waals surface area (Å²) >= 11 is 11.8. The average Bonchev–Trinajstić information content (AvgIpc) is 3.21. The number of benzene rings is 2. The van der Waals surface area contributed by atoms with Gasteiger partial charge in [0, 0.05) is 34.2 Å². The lowest BCUT2D eigenvalue weighted by atomic mass is 9.97. The Kier molecular flexibility index (Phi) is 7.37. The van der Waals surface area contributed by atoms with Crippen molar-refractivity contribution in [1.82, 2.24) is 4.72 Å². The molecule has 32 heavy (non-hydrogen) atoms. The van der Waals surface area contributed by atoms with Gasteiger partial charge in [-0.25, -0.2) is 21.9 Å². The number of hydrogen-bond acceptors (Lipinski definition) is 4. The van der Waals surface area contributed by atoms with Crippen LogP contribution in [0.1, 0.15) is 30.9 Å². The first-order chi connectivity index (χ1) is 15.0. The summed E-state index contributed by atoms with van der Waals surface area (Å²) in [5.74, 6) is -4.08. The number of aryl methyl sites for hydroxylation is 1. The topological polar surface area (TPSA) is 75.6 Å². The van der Waals surface area contributed by atoms with Gasteiger partial charge in [0.25, 0.3) is 21.9 Å². The Balaban J connectivity index is 1.65. The number of hydrogen-bond donors (Lipinski definition) is 1. The maximum absolute atomic E-state index is 14.0. The molecule has 0 saturated heterocycles. The minimum absolute atomic E-state index is 0.0371. The van der Waals surface area contributed by atoms with Crippen LogP contribution in [0.15, 0.2) is 64.1 Å². The molecule has 0 saturated carbocycles. The van der Waals surface area contributed by atoms with Gasteiger partial charge < -0.3 is 0 Å². The summed E-state index contributed by atoms with van der Waals surface area (Å²) in [7, 11) is -4.10. The van der Waals surface area contributed by atoms with Gasteiger partial charge in [-0.3, -0.25) is 9.79 Å². The maximum atomic E-state index is 14.0. The highest BCUT2D eigenvalue weighted by Gasteiger charge is 2.29. The summed E-state index contributed by atoms with van der Waals surface area (Å²) < 4.78 is 54.7. The Labute approximate surface area is 195 Å². The van der Waals surface area contributed by atoms with Crippen molar-refractivity contribution in [3.8, 4) is 0 Å². The number of allylic oxidation sites excluding steroid dienone is 1. The number of carbonyl (C=O) groups is 1. The first-order valence-electron chi connectivity index (χ1n) is 9.76. The van der Waals surface area contributed by atoms with Crippen LogP contribution in [0.5, 0.6) is 0 Å². The summed E-state index contributed by atoms with van der Waals surface area (Å²) in [6.07, 6.45) is 3.64. The fourth-order valence-corrected chi connectivity index (χ4v) is 4.69. The molecule has 0 spiro atoms. The Hall–Kier alpha value is -2.29. The van der Waals surface area contributed by atoms with E-state index in [9.17, 15) is 22.0 Å². The van der Waals surface area contributed by atoms with Crippen LogP contribution in [0.4, 0.5) is 8.78 Å². The van der Waals surface area contributed by atoms with E-state index in [0.717, 1.165) is 0 Å². The molecule has 10 heteroatoms. The van der Waals surface area contributed by atoms with Crippen LogP contribution in [0.2, 0.25) is 10.0 Å². The Morgan fingerprint density at radius 2 is 1.91 bits per heavy atom. The average molecular weight is 501 g/mol. The molecule has 1 aliphatic heterocycles. The Morgan fingerprint density at radius 3 is 2.59 bits per heavy atom. The molecule has 1 unspecified atom stereocenters. The second-order valence-corrected chi connectivity index (χ2v) is 9.89. The summed E-state index contributed by atoms with van der Waals surface area (Å²) in [5, 5.41) is 0.451. The number of halogens is 4. The first-order valence-corrected chi connectivity index (χ1v) is 12.0. The predicted molar refractivity (Wildman–Crippen MR) is 121 cm³/mol. The van der Waals surface area contributed by atoms with E-state index in [0.29, 0.717) is 18.4 Å². The van der Waals surface area contributed by atoms with Gasteiger partial charge in [0.1, 0.15) is 5.70 Å². The molecule has 2 aromatic rings. The third kappa shape index (κ3) is 5.94. The molecule has 0 aromatic heterocycles. The predicted octanol–water partition coefficient (Wildman–Crippen LogP) is 5.52. The van der Waals surface area contributed by atoms with Gasteiger partial charge in [0.05, 0.1) is 4.90 Å². The highest BCUT2D eigenvalue weighted by Crippen LogP contribution is 2.34. The number of sulfonamides is 1. The number of rotatable bonds is 8. The van der Waals surface area contributed by atoms with E-state index in [1.807, 2.05) is 4.72 Å². The molecule has 5 nitrogen and oxygen atoms in total. The standard InChI is InChI=1S/C22H20Cl2F2N2O3S/c1-2-22(25,26)16-8-14(9-18(24)11-16)6-7-15-10-20(27-13-15)21(29)28-32(30,31)19-5-3-4-17(23)12-19/h3-5,8-13,15H,2,6-7H2,1H3,(H,28,29). The van der Waals surface area contributed by atoms with Crippen LogP contribution >= 0.6 is 23.2 Å². The lowest BCUT2D eigenvalue weighted by Gasteiger charge is -2.16. The molecule has 170 valence electrons. The molecule has 0 bridgehead atoms. The fourth-order valence-electron chi connectivity index (χ4n) is 3.17. The number of alkyl halides is 2. The largest absolute Gasteiger partial charge is 0.283 e. The highest BCUT2D eigenvalue weighted by molar-refractivity contribution is 7.90. The number of nitrogens with one attached hydrogen (secondary N) is 1. The fraction of sp³-hybridized carbons (Fsp3) is 0.273. The zero-order valence-electron chi connectivity index (χ0n) is 17.0. The van der Waals surface area contributed by atoms with Gasteiger partial charge in [0.15, 0.2) is 0 Å². The smallest absolute Gasteiger partial charge is 0.266 e. The quantitative estimate of drug-likeness (QED) is 0.518. The van der Waals surface area contributed by atoms with Crippen molar-refractivity contribution in [2.24, 2.45) is 10.9 Å². The third-order valence-electron chi connectivity index (χ3n) is 4.93. The van der Waals surface area contributed by atoms with E-state index in [1.165, 1.54) is 55.6 Å². The Morgan fingerprint density at radius 1 is 1.16 bits per heavy atom. The van der Waals surface area contributed by atoms with E-state index < -0.39 is 21.9 Å². The zero-order chi connectivity index (χ0) is 23.5. The van der Waals surface area contributed by atoms with Crippen LogP contribution in [0.3, 0.4) is 0 Å². The molecule has 1 N–H and O–H groups in total. The summed E-state index contributed by atoms with van der Waals surface area (Å²) in [5.41, 5.74) is 0.471. The summed E-state index contributed by atoms with van der Waals surface area (Å²) in [6, 6.07) is 9.83. The van der Waals surface area contributed by atoms with Crippen LogP contribution < -0.4 is 4.72 Å².